The normalized spacial score (nSPS) is 30.1. The average molecular weight is 367 g/mol. The van der Waals surface area contributed by atoms with Crippen molar-refractivity contribution in [3.63, 3.8) is 0 Å². The Hall–Kier alpha value is -0.890. The zero-order valence-corrected chi connectivity index (χ0v) is 17.0. The topological polar surface area (TPSA) is 46.6 Å². The molecule has 0 amide bonds. The fourth-order valence-electron chi connectivity index (χ4n) is 4.15. The van der Waals surface area contributed by atoms with E-state index in [1.54, 1.807) is 0 Å². The van der Waals surface area contributed by atoms with E-state index in [-0.39, 0.29) is 0 Å². The molecule has 26 heavy (non-hydrogen) atoms. The molecule has 0 aromatic carbocycles. The van der Waals surface area contributed by atoms with Crippen molar-refractivity contribution in [3.8, 4) is 0 Å². The molecule has 2 unspecified atom stereocenters. The maximum absolute atomic E-state index is 5.52. The van der Waals surface area contributed by atoms with Crippen LogP contribution in [0.3, 0.4) is 0 Å². The van der Waals surface area contributed by atoms with E-state index in [0.717, 1.165) is 84.0 Å². The summed E-state index contributed by atoms with van der Waals surface area (Å²) in [5.41, 5.74) is 0. The molecule has 3 fully saturated rings. The van der Waals surface area contributed by atoms with Crippen LogP contribution in [0, 0.1) is 5.92 Å². The minimum absolute atomic E-state index is 0.520. The van der Waals surface area contributed by atoms with E-state index in [1.807, 2.05) is 0 Å². The van der Waals surface area contributed by atoms with Gasteiger partial charge < -0.3 is 19.9 Å². The van der Waals surface area contributed by atoms with Gasteiger partial charge in [-0.15, -0.1) is 0 Å². The van der Waals surface area contributed by atoms with E-state index >= 15 is 0 Å². The van der Waals surface area contributed by atoms with E-state index in [1.165, 1.54) is 13.0 Å². The van der Waals surface area contributed by atoms with Crippen LogP contribution in [0.25, 0.3) is 0 Å². The van der Waals surface area contributed by atoms with Gasteiger partial charge in [0.25, 0.3) is 0 Å². The van der Waals surface area contributed by atoms with Gasteiger partial charge in [0, 0.05) is 71.6 Å². The lowest BCUT2D eigenvalue weighted by Crippen LogP contribution is -2.54. The van der Waals surface area contributed by atoms with Crippen molar-refractivity contribution in [3.05, 3.63) is 0 Å². The van der Waals surface area contributed by atoms with Crippen LogP contribution >= 0.6 is 0 Å². The molecule has 0 aromatic rings. The maximum Gasteiger partial charge on any atom is 0.194 e. The predicted octanol–water partition coefficient (Wildman–Crippen LogP) is -0.148. The summed E-state index contributed by atoms with van der Waals surface area (Å²) in [6.07, 6.45) is 1.23. The standard InChI is InChI=1S/C19H38N6O/c1-4-20-19(21-13-18-15-22(2)6-7-23(18)3)25-10-8-24(9-11-25)14-17-5-12-26-16-17/h17-18H,4-16H2,1-3H3,(H,20,21). The van der Waals surface area contributed by atoms with Gasteiger partial charge in [-0.3, -0.25) is 14.8 Å². The monoisotopic (exact) mass is 366 g/mol. The molecular formula is C19H38N6O. The Morgan fingerprint density at radius 1 is 1.12 bits per heavy atom. The third-order valence-electron chi connectivity index (χ3n) is 5.98. The van der Waals surface area contributed by atoms with Gasteiger partial charge in [-0.2, -0.15) is 0 Å². The van der Waals surface area contributed by atoms with Gasteiger partial charge in [-0.05, 0) is 33.4 Å². The molecular weight excluding hydrogens is 328 g/mol. The van der Waals surface area contributed by atoms with Crippen LogP contribution < -0.4 is 5.32 Å². The number of hydrogen-bond donors (Lipinski definition) is 1. The first-order chi connectivity index (χ1) is 12.7. The second-order valence-electron chi connectivity index (χ2n) is 8.11. The Kier molecular flexibility index (Phi) is 7.54. The summed E-state index contributed by atoms with van der Waals surface area (Å²) in [5, 5.41) is 3.51. The second kappa shape index (κ2) is 9.88. The highest BCUT2D eigenvalue weighted by Crippen LogP contribution is 2.15. The average Bonchev–Trinajstić information content (AvgIpc) is 3.15. The number of guanidine groups is 1. The molecule has 7 heteroatoms. The first-order valence-electron chi connectivity index (χ1n) is 10.4. The minimum Gasteiger partial charge on any atom is -0.381 e. The number of rotatable bonds is 5. The van der Waals surface area contributed by atoms with Crippen molar-refractivity contribution in [2.24, 2.45) is 10.9 Å². The zero-order valence-electron chi connectivity index (χ0n) is 17.0. The van der Waals surface area contributed by atoms with Crippen molar-refractivity contribution in [2.45, 2.75) is 19.4 Å². The lowest BCUT2D eigenvalue weighted by molar-refractivity contribution is 0.118. The molecule has 0 aliphatic carbocycles. The van der Waals surface area contributed by atoms with E-state index < -0.39 is 0 Å². The Morgan fingerprint density at radius 2 is 1.92 bits per heavy atom. The van der Waals surface area contributed by atoms with Crippen molar-refractivity contribution in [1.82, 2.24) is 24.9 Å². The fourth-order valence-corrected chi connectivity index (χ4v) is 4.15. The maximum atomic E-state index is 5.52. The molecule has 3 aliphatic heterocycles. The molecule has 3 heterocycles. The van der Waals surface area contributed by atoms with Crippen LogP contribution in [0.2, 0.25) is 0 Å². The van der Waals surface area contributed by atoms with Crippen LogP contribution in [0.5, 0.6) is 0 Å². The van der Waals surface area contributed by atoms with Crippen LogP contribution in [0.15, 0.2) is 4.99 Å². The van der Waals surface area contributed by atoms with Crippen molar-refractivity contribution in [1.29, 1.82) is 0 Å². The predicted molar refractivity (Wildman–Crippen MR) is 107 cm³/mol. The van der Waals surface area contributed by atoms with Crippen molar-refractivity contribution < 1.29 is 4.74 Å². The summed E-state index contributed by atoms with van der Waals surface area (Å²) in [5.74, 6) is 1.83. The summed E-state index contributed by atoms with van der Waals surface area (Å²) < 4.78 is 5.52. The number of nitrogens with zero attached hydrogens (tertiary/aromatic N) is 5. The first kappa shape index (κ1) is 19.9. The Labute approximate surface area is 159 Å². The smallest absolute Gasteiger partial charge is 0.194 e. The highest BCUT2D eigenvalue weighted by Gasteiger charge is 2.25. The third kappa shape index (κ3) is 5.55. The highest BCUT2D eigenvalue weighted by molar-refractivity contribution is 5.80. The van der Waals surface area contributed by atoms with Gasteiger partial charge in [-0.1, -0.05) is 0 Å². The molecule has 2 atom stereocenters. The van der Waals surface area contributed by atoms with Crippen molar-refractivity contribution >= 4 is 5.96 Å². The molecule has 0 spiro atoms. The fraction of sp³-hybridized carbons (Fsp3) is 0.947. The van der Waals surface area contributed by atoms with E-state index in [2.05, 4.69) is 45.9 Å². The van der Waals surface area contributed by atoms with Gasteiger partial charge in [0.15, 0.2) is 5.96 Å². The molecule has 3 rings (SSSR count). The Morgan fingerprint density at radius 3 is 2.62 bits per heavy atom. The van der Waals surface area contributed by atoms with Gasteiger partial charge in [0.05, 0.1) is 13.2 Å². The number of nitrogens with one attached hydrogen (secondary N) is 1. The molecule has 3 saturated heterocycles. The number of aliphatic imine (C=N–C) groups is 1. The van der Waals surface area contributed by atoms with E-state index in [4.69, 9.17) is 9.73 Å². The van der Waals surface area contributed by atoms with Crippen molar-refractivity contribution in [2.75, 3.05) is 92.8 Å². The quantitative estimate of drug-likeness (QED) is 0.540. The zero-order chi connectivity index (χ0) is 18.4. The van der Waals surface area contributed by atoms with Gasteiger partial charge >= 0.3 is 0 Å². The summed E-state index contributed by atoms with van der Waals surface area (Å²) in [4.78, 5) is 14.9. The lowest BCUT2D eigenvalue weighted by Gasteiger charge is -2.39. The first-order valence-corrected chi connectivity index (χ1v) is 10.4. The van der Waals surface area contributed by atoms with Crippen LogP contribution in [-0.4, -0.2) is 124 Å². The number of ether oxygens (including phenoxy) is 1. The summed E-state index contributed by atoms with van der Waals surface area (Å²) in [6.45, 7) is 14.9. The summed E-state index contributed by atoms with van der Waals surface area (Å²) >= 11 is 0. The van der Waals surface area contributed by atoms with Gasteiger partial charge in [0.2, 0.25) is 0 Å². The molecule has 0 aromatic heterocycles. The van der Waals surface area contributed by atoms with Gasteiger partial charge in [0.1, 0.15) is 0 Å². The van der Waals surface area contributed by atoms with E-state index in [0.29, 0.717) is 6.04 Å². The molecule has 0 radical (unpaired) electrons. The number of likely N-dealkylation sites (N-methyl/N-ethyl adjacent to an activating group) is 2. The van der Waals surface area contributed by atoms with Gasteiger partial charge in [-0.25, -0.2) is 0 Å². The Bertz CT molecular complexity index is 445. The molecule has 0 saturated carbocycles. The molecule has 0 bridgehead atoms. The molecule has 1 N–H and O–H groups in total. The highest BCUT2D eigenvalue weighted by atomic mass is 16.5. The summed E-state index contributed by atoms with van der Waals surface area (Å²) in [6, 6.07) is 0.520. The SMILES string of the molecule is CCNC(=NCC1CN(C)CCN1C)N1CCN(CC2CCOC2)CC1. The van der Waals surface area contributed by atoms with Crippen LogP contribution in [0.1, 0.15) is 13.3 Å². The third-order valence-corrected chi connectivity index (χ3v) is 5.98. The molecule has 3 aliphatic rings. The Balaban J connectivity index is 1.49. The number of piperazine rings is 2. The molecule has 150 valence electrons. The number of hydrogen-bond acceptors (Lipinski definition) is 5. The second-order valence-corrected chi connectivity index (χ2v) is 8.11. The summed E-state index contributed by atoms with van der Waals surface area (Å²) in [7, 11) is 4.44. The minimum atomic E-state index is 0.520. The van der Waals surface area contributed by atoms with Crippen LogP contribution in [-0.2, 0) is 4.74 Å². The van der Waals surface area contributed by atoms with E-state index in [9.17, 15) is 0 Å². The largest absolute Gasteiger partial charge is 0.381 e. The molecule has 7 nitrogen and oxygen atoms in total. The van der Waals surface area contributed by atoms with Crippen LogP contribution in [0.4, 0.5) is 0 Å². The lowest BCUT2D eigenvalue weighted by atomic mass is 10.1.